The Kier molecular flexibility index (Phi) is 4.52. The molecule has 0 atom stereocenters. The summed E-state index contributed by atoms with van der Waals surface area (Å²) < 4.78 is 5.42. The lowest BCUT2D eigenvalue weighted by Gasteiger charge is -2.21. The number of pyridine rings is 1. The lowest BCUT2D eigenvalue weighted by molar-refractivity contribution is 0.0719. The maximum Gasteiger partial charge on any atom is 0.256 e. The Labute approximate surface area is 150 Å². The summed E-state index contributed by atoms with van der Waals surface area (Å²) in [6.07, 6.45) is 5.67. The first kappa shape index (κ1) is 15.9. The van der Waals surface area contributed by atoms with Gasteiger partial charge in [-0.1, -0.05) is 6.07 Å². The van der Waals surface area contributed by atoms with Gasteiger partial charge in [0.05, 0.1) is 24.9 Å². The molecule has 5 nitrogen and oxygen atoms in total. The van der Waals surface area contributed by atoms with Crippen LogP contribution in [0.5, 0.6) is 0 Å². The molecule has 0 aliphatic heterocycles. The highest BCUT2D eigenvalue weighted by atomic mass is 32.1. The molecular weight excluding hydrogens is 334 g/mol. The van der Waals surface area contributed by atoms with Crippen molar-refractivity contribution in [1.29, 1.82) is 0 Å². The van der Waals surface area contributed by atoms with Gasteiger partial charge in [0, 0.05) is 17.1 Å². The number of furan rings is 1. The average molecular weight is 353 g/mol. The van der Waals surface area contributed by atoms with E-state index in [0.29, 0.717) is 24.7 Å². The van der Waals surface area contributed by atoms with E-state index >= 15 is 0 Å². The fourth-order valence-electron chi connectivity index (χ4n) is 2.61. The van der Waals surface area contributed by atoms with Crippen molar-refractivity contribution in [3.05, 3.63) is 70.4 Å². The Morgan fingerprint density at radius 2 is 2.16 bits per heavy atom. The van der Waals surface area contributed by atoms with Crippen molar-refractivity contribution >= 4 is 23.1 Å². The van der Waals surface area contributed by atoms with Crippen LogP contribution < -0.4 is 5.32 Å². The lowest BCUT2D eigenvalue weighted by atomic mass is 10.2. The van der Waals surface area contributed by atoms with Gasteiger partial charge in [-0.25, -0.2) is 4.98 Å². The molecule has 1 amide bonds. The highest BCUT2D eigenvalue weighted by Crippen LogP contribution is 2.24. The van der Waals surface area contributed by atoms with Gasteiger partial charge in [-0.05, 0) is 48.6 Å². The Hall–Kier alpha value is -2.60. The summed E-state index contributed by atoms with van der Waals surface area (Å²) in [4.78, 5) is 20.3. The number of carbonyl (C=O) groups is 1. The first-order chi connectivity index (χ1) is 12.3. The first-order valence-corrected chi connectivity index (χ1v) is 9.22. The van der Waals surface area contributed by atoms with E-state index in [-0.39, 0.29) is 5.91 Å². The highest BCUT2D eigenvalue weighted by Gasteiger charge is 2.22. The van der Waals surface area contributed by atoms with Crippen LogP contribution in [0.3, 0.4) is 0 Å². The van der Waals surface area contributed by atoms with E-state index in [2.05, 4.69) is 10.3 Å². The van der Waals surface area contributed by atoms with Crippen LogP contribution in [0.4, 0.5) is 5.82 Å². The summed E-state index contributed by atoms with van der Waals surface area (Å²) in [7, 11) is 0. The van der Waals surface area contributed by atoms with E-state index in [1.165, 1.54) is 12.8 Å². The molecule has 1 N–H and O–H groups in total. The van der Waals surface area contributed by atoms with E-state index in [1.54, 1.807) is 28.7 Å². The molecule has 3 aromatic heterocycles. The quantitative estimate of drug-likeness (QED) is 0.693. The van der Waals surface area contributed by atoms with Gasteiger partial charge in [-0.2, -0.15) is 0 Å². The molecule has 4 rings (SSSR count). The predicted octanol–water partition coefficient (Wildman–Crippen LogP) is 4.15. The fourth-order valence-corrected chi connectivity index (χ4v) is 3.33. The largest absolute Gasteiger partial charge is 0.467 e. The third-order valence-electron chi connectivity index (χ3n) is 4.08. The van der Waals surface area contributed by atoms with E-state index in [4.69, 9.17) is 4.42 Å². The summed E-state index contributed by atoms with van der Waals surface area (Å²) in [6.45, 7) is 0.991. The van der Waals surface area contributed by atoms with E-state index < -0.39 is 0 Å². The number of amides is 1. The minimum absolute atomic E-state index is 0.0460. The van der Waals surface area contributed by atoms with Crippen LogP contribution in [0.1, 0.15) is 33.8 Å². The number of thiophene rings is 1. The van der Waals surface area contributed by atoms with Crippen LogP contribution in [0.15, 0.2) is 58.7 Å². The normalized spacial score (nSPS) is 13.6. The standard InChI is InChI=1S/C19H19N3O2S/c23-19(14-5-8-18(20-11-14)21-15-6-7-15)22(12-16-3-1-9-24-16)13-17-4-2-10-25-17/h1-5,8-11,15H,6-7,12-13H2,(H,20,21). The SMILES string of the molecule is O=C(c1ccc(NC2CC2)nc1)N(Cc1ccco1)Cc1cccs1. The van der Waals surface area contributed by atoms with E-state index in [1.807, 2.05) is 41.8 Å². The second-order valence-corrected chi connectivity index (χ2v) is 7.20. The molecular formula is C19H19N3O2S. The summed E-state index contributed by atoms with van der Waals surface area (Å²) >= 11 is 1.64. The number of aromatic nitrogens is 1. The zero-order chi connectivity index (χ0) is 17.1. The van der Waals surface area contributed by atoms with Crippen molar-refractivity contribution in [2.75, 3.05) is 5.32 Å². The fraction of sp³-hybridized carbons (Fsp3) is 0.263. The van der Waals surface area contributed by atoms with Gasteiger partial charge >= 0.3 is 0 Å². The van der Waals surface area contributed by atoms with Gasteiger partial charge in [0.25, 0.3) is 5.91 Å². The maximum absolute atomic E-state index is 13.0. The third-order valence-corrected chi connectivity index (χ3v) is 4.94. The van der Waals surface area contributed by atoms with Crippen LogP contribution in [-0.2, 0) is 13.1 Å². The smallest absolute Gasteiger partial charge is 0.256 e. The van der Waals surface area contributed by atoms with Gasteiger partial charge in [0.15, 0.2) is 0 Å². The molecule has 3 heterocycles. The van der Waals surface area contributed by atoms with Gasteiger partial charge in [-0.15, -0.1) is 11.3 Å². The molecule has 1 fully saturated rings. The number of hydrogen-bond acceptors (Lipinski definition) is 5. The van der Waals surface area contributed by atoms with Crippen molar-refractivity contribution in [2.45, 2.75) is 32.0 Å². The second-order valence-electron chi connectivity index (χ2n) is 6.17. The van der Waals surface area contributed by atoms with Crippen molar-refractivity contribution < 1.29 is 9.21 Å². The number of nitrogens with one attached hydrogen (secondary N) is 1. The van der Waals surface area contributed by atoms with Gasteiger partial charge in [0.1, 0.15) is 11.6 Å². The van der Waals surface area contributed by atoms with Gasteiger partial charge in [-0.3, -0.25) is 4.79 Å². The summed E-state index contributed by atoms with van der Waals surface area (Å²) in [6, 6.07) is 12.0. The zero-order valence-electron chi connectivity index (χ0n) is 13.7. The van der Waals surface area contributed by atoms with Crippen molar-refractivity contribution in [3.63, 3.8) is 0 Å². The number of rotatable bonds is 7. The summed E-state index contributed by atoms with van der Waals surface area (Å²) in [5.74, 6) is 1.55. The number of nitrogens with zero attached hydrogens (tertiary/aromatic N) is 2. The molecule has 6 heteroatoms. The molecule has 0 saturated heterocycles. The van der Waals surface area contributed by atoms with Crippen molar-refractivity contribution in [2.24, 2.45) is 0 Å². The van der Waals surface area contributed by atoms with Crippen LogP contribution >= 0.6 is 11.3 Å². The summed E-state index contributed by atoms with van der Waals surface area (Å²) in [5.41, 5.74) is 0.587. The molecule has 0 radical (unpaired) electrons. The van der Waals surface area contributed by atoms with Crippen LogP contribution in [0.25, 0.3) is 0 Å². The molecule has 1 aliphatic carbocycles. The van der Waals surface area contributed by atoms with E-state index in [9.17, 15) is 4.79 Å². The first-order valence-electron chi connectivity index (χ1n) is 8.34. The minimum atomic E-state index is -0.0460. The molecule has 3 aromatic rings. The van der Waals surface area contributed by atoms with Crippen LogP contribution in [-0.4, -0.2) is 21.8 Å². The third kappa shape index (κ3) is 4.09. The average Bonchev–Trinajstić information content (AvgIpc) is 3.09. The van der Waals surface area contributed by atoms with Crippen molar-refractivity contribution in [1.82, 2.24) is 9.88 Å². The number of anilines is 1. The Bertz CT molecular complexity index is 773. The van der Waals surface area contributed by atoms with Crippen LogP contribution in [0, 0.1) is 0 Å². The Morgan fingerprint density at radius 1 is 1.24 bits per heavy atom. The topological polar surface area (TPSA) is 58.4 Å². The molecule has 128 valence electrons. The number of hydrogen-bond donors (Lipinski definition) is 1. The highest BCUT2D eigenvalue weighted by molar-refractivity contribution is 7.09. The van der Waals surface area contributed by atoms with Gasteiger partial charge in [0.2, 0.25) is 0 Å². The molecule has 1 aliphatic rings. The van der Waals surface area contributed by atoms with Gasteiger partial charge < -0.3 is 14.6 Å². The Balaban J connectivity index is 1.51. The second kappa shape index (κ2) is 7.11. The molecule has 1 saturated carbocycles. The monoisotopic (exact) mass is 353 g/mol. The predicted molar refractivity (Wildman–Crippen MR) is 97.5 cm³/mol. The molecule has 25 heavy (non-hydrogen) atoms. The lowest BCUT2D eigenvalue weighted by Crippen LogP contribution is -2.29. The molecule has 0 bridgehead atoms. The molecule has 0 spiro atoms. The van der Waals surface area contributed by atoms with E-state index in [0.717, 1.165) is 16.5 Å². The Morgan fingerprint density at radius 3 is 2.80 bits per heavy atom. The minimum Gasteiger partial charge on any atom is -0.467 e. The van der Waals surface area contributed by atoms with Crippen molar-refractivity contribution in [3.8, 4) is 0 Å². The maximum atomic E-state index is 13.0. The van der Waals surface area contributed by atoms with Crippen LogP contribution in [0.2, 0.25) is 0 Å². The molecule has 0 aromatic carbocycles. The number of carbonyl (C=O) groups excluding carboxylic acids is 1. The summed E-state index contributed by atoms with van der Waals surface area (Å²) in [5, 5.41) is 5.35. The molecule has 0 unspecified atom stereocenters. The zero-order valence-corrected chi connectivity index (χ0v) is 14.5.